The largest absolute Gasteiger partial charge is 0.354 e. The third-order valence-electron chi connectivity index (χ3n) is 6.46. The molecule has 0 atom stereocenters. The van der Waals surface area contributed by atoms with Crippen LogP contribution in [0, 0.1) is 5.92 Å². The maximum atomic E-state index is 4.95. The minimum absolute atomic E-state index is 0.855. The topological polar surface area (TPSA) is 44.3 Å². The van der Waals surface area contributed by atoms with Crippen LogP contribution in [0.5, 0.6) is 0 Å². The molecule has 0 bridgehead atoms. The van der Waals surface area contributed by atoms with Crippen molar-refractivity contribution >= 4 is 28.4 Å². The van der Waals surface area contributed by atoms with Crippen molar-refractivity contribution in [3.05, 3.63) is 54.1 Å². The number of benzene rings is 2. The zero-order chi connectivity index (χ0) is 20.3. The second-order valence-electron chi connectivity index (χ2n) is 8.86. The first kappa shape index (κ1) is 19.3. The summed E-state index contributed by atoms with van der Waals surface area (Å²) in [7, 11) is 0. The van der Waals surface area contributed by atoms with Crippen LogP contribution in [0.25, 0.3) is 11.0 Å². The molecule has 1 N–H and O–H groups in total. The summed E-state index contributed by atoms with van der Waals surface area (Å²) < 4.78 is 0. The Labute approximate surface area is 179 Å². The van der Waals surface area contributed by atoms with Crippen LogP contribution in [0.2, 0.25) is 0 Å². The van der Waals surface area contributed by atoms with Gasteiger partial charge in [-0.1, -0.05) is 31.2 Å². The lowest BCUT2D eigenvalue weighted by Gasteiger charge is -2.30. The molecule has 0 aliphatic carbocycles. The Balaban J connectivity index is 1.35. The molecule has 3 aromatic rings. The van der Waals surface area contributed by atoms with Crippen molar-refractivity contribution in [1.29, 1.82) is 0 Å². The molecule has 2 aliphatic rings. The van der Waals surface area contributed by atoms with E-state index in [1.54, 1.807) is 0 Å². The van der Waals surface area contributed by atoms with E-state index in [4.69, 9.17) is 9.97 Å². The number of hydrogen-bond acceptors (Lipinski definition) is 5. The van der Waals surface area contributed by atoms with Gasteiger partial charge in [0.15, 0.2) is 11.6 Å². The summed E-state index contributed by atoms with van der Waals surface area (Å²) >= 11 is 0. The van der Waals surface area contributed by atoms with Gasteiger partial charge in [0.2, 0.25) is 0 Å². The highest BCUT2D eigenvalue weighted by molar-refractivity contribution is 5.82. The van der Waals surface area contributed by atoms with Crippen LogP contribution in [0.3, 0.4) is 0 Å². The Morgan fingerprint density at radius 2 is 1.53 bits per heavy atom. The molecule has 2 saturated heterocycles. The molecule has 0 amide bonds. The van der Waals surface area contributed by atoms with Crippen LogP contribution in [0.1, 0.15) is 38.2 Å². The summed E-state index contributed by atoms with van der Waals surface area (Å²) in [6, 6.07) is 16.9. The zero-order valence-electron chi connectivity index (χ0n) is 17.8. The minimum atomic E-state index is 0.855. The molecule has 2 aliphatic heterocycles. The Morgan fingerprint density at radius 3 is 2.23 bits per heavy atom. The van der Waals surface area contributed by atoms with Gasteiger partial charge in [0.05, 0.1) is 11.0 Å². The fourth-order valence-corrected chi connectivity index (χ4v) is 4.53. The van der Waals surface area contributed by atoms with E-state index in [0.717, 1.165) is 53.9 Å². The normalized spacial score (nSPS) is 18.2. The summed E-state index contributed by atoms with van der Waals surface area (Å²) in [6.07, 6.45) is 5.08. The minimum Gasteiger partial charge on any atom is -0.354 e. The number of piperidine rings is 1. The van der Waals surface area contributed by atoms with Gasteiger partial charge >= 0.3 is 0 Å². The van der Waals surface area contributed by atoms with Crippen molar-refractivity contribution in [2.75, 3.05) is 36.4 Å². The fourth-order valence-electron chi connectivity index (χ4n) is 4.53. The van der Waals surface area contributed by atoms with E-state index < -0.39 is 0 Å². The summed E-state index contributed by atoms with van der Waals surface area (Å²) in [5.41, 5.74) is 4.32. The molecule has 0 spiro atoms. The van der Waals surface area contributed by atoms with E-state index in [1.165, 1.54) is 44.3 Å². The second kappa shape index (κ2) is 8.60. The molecular weight excluding hydrogens is 370 g/mol. The molecule has 30 heavy (non-hydrogen) atoms. The van der Waals surface area contributed by atoms with Gasteiger partial charge in [-0.3, -0.25) is 4.90 Å². The SMILES string of the molecule is CC1CCN(Cc2ccc(Nc3nc4ccccc4nc3N3CCCC3)cc2)CC1. The third-order valence-corrected chi connectivity index (χ3v) is 6.46. The highest BCUT2D eigenvalue weighted by Crippen LogP contribution is 2.30. The number of fused-ring (bicyclic) bond motifs is 1. The number of para-hydroxylation sites is 2. The molecular formula is C25H31N5. The van der Waals surface area contributed by atoms with Crippen LogP contribution >= 0.6 is 0 Å². The van der Waals surface area contributed by atoms with E-state index in [0.29, 0.717) is 0 Å². The lowest BCUT2D eigenvalue weighted by atomic mass is 9.99. The molecule has 2 aromatic carbocycles. The second-order valence-corrected chi connectivity index (χ2v) is 8.86. The predicted molar refractivity (Wildman–Crippen MR) is 124 cm³/mol. The van der Waals surface area contributed by atoms with Crippen LogP contribution in [-0.4, -0.2) is 41.0 Å². The Hall–Kier alpha value is -2.66. The fraction of sp³-hybridized carbons (Fsp3) is 0.440. The van der Waals surface area contributed by atoms with Gasteiger partial charge in [0, 0.05) is 25.3 Å². The standard InChI is InChI=1S/C25H31N5/c1-19-12-16-29(17-13-19)18-20-8-10-21(11-9-20)26-24-25(30-14-4-5-15-30)28-23-7-3-2-6-22(23)27-24/h2-3,6-11,19H,4-5,12-18H2,1H3,(H,26,27). The van der Waals surface area contributed by atoms with Gasteiger partial charge in [-0.25, -0.2) is 9.97 Å². The average molecular weight is 402 g/mol. The first-order valence-electron chi connectivity index (χ1n) is 11.3. The van der Waals surface area contributed by atoms with Gasteiger partial charge in [-0.2, -0.15) is 0 Å². The molecule has 1 aromatic heterocycles. The summed E-state index contributed by atoms with van der Waals surface area (Å²) in [6.45, 7) is 7.94. The molecule has 2 fully saturated rings. The molecule has 5 rings (SSSR count). The number of nitrogens with one attached hydrogen (secondary N) is 1. The number of rotatable bonds is 5. The van der Waals surface area contributed by atoms with Crippen molar-refractivity contribution in [2.45, 2.75) is 39.2 Å². The maximum Gasteiger partial charge on any atom is 0.174 e. The number of likely N-dealkylation sites (tertiary alicyclic amines) is 1. The highest BCUT2D eigenvalue weighted by Gasteiger charge is 2.20. The lowest BCUT2D eigenvalue weighted by molar-refractivity contribution is 0.185. The Bertz CT molecular complexity index is 986. The monoisotopic (exact) mass is 401 g/mol. The van der Waals surface area contributed by atoms with Crippen molar-refractivity contribution in [3.8, 4) is 0 Å². The average Bonchev–Trinajstić information content (AvgIpc) is 3.31. The number of anilines is 3. The number of nitrogens with zero attached hydrogens (tertiary/aromatic N) is 4. The maximum absolute atomic E-state index is 4.95. The molecule has 0 unspecified atom stereocenters. The molecule has 156 valence electrons. The van der Waals surface area contributed by atoms with E-state index in [1.807, 2.05) is 24.3 Å². The smallest absolute Gasteiger partial charge is 0.174 e. The van der Waals surface area contributed by atoms with Crippen molar-refractivity contribution in [3.63, 3.8) is 0 Å². The van der Waals surface area contributed by atoms with Gasteiger partial charge in [-0.15, -0.1) is 0 Å². The quantitative estimate of drug-likeness (QED) is 0.636. The third kappa shape index (κ3) is 4.26. The number of hydrogen-bond donors (Lipinski definition) is 1. The van der Waals surface area contributed by atoms with Gasteiger partial charge in [0.1, 0.15) is 0 Å². The van der Waals surface area contributed by atoms with E-state index in [2.05, 4.69) is 46.3 Å². The summed E-state index contributed by atoms with van der Waals surface area (Å²) in [5.74, 6) is 2.70. The first-order chi connectivity index (χ1) is 14.7. The van der Waals surface area contributed by atoms with Crippen LogP contribution in [0.4, 0.5) is 17.3 Å². The molecule has 0 radical (unpaired) electrons. The van der Waals surface area contributed by atoms with Gasteiger partial charge < -0.3 is 10.2 Å². The van der Waals surface area contributed by atoms with E-state index in [-0.39, 0.29) is 0 Å². The van der Waals surface area contributed by atoms with Crippen molar-refractivity contribution in [1.82, 2.24) is 14.9 Å². The zero-order valence-corrected chi connectivity index (χ0v) is 17.8. The van der Waals surface area contributed by atoms with Gasteiger partial charge in [-0.05, 0) is 74.5 Å². The lowest BCUT2D eigenvalue weighted by Crippen LogP contribution is -2.32. The predicted octanol–water partition coefficient (Wildman–Crippen LogP) is 5.21. The summed E-state index contributed by atoms with van der Waals surface area (Å²) in [5, 5.41) is 3.55. The highest BCUT2D eigenvalue weighted by atomic mass is 15.2. The molecule has 3 heterocycles. The van der Waals surface area contributed by atoms with E-state index in [9.17, 15) is 0 Å². The molecule has 0 saturated carbocycles. The van der Waals surface area contributed by atoms with Crippen LogP contribution in [0.15, 0.2) is 48.5 Å². The van der Waals surface area contributed by atoms with Crippen molar-refractivity contribution < 1.29 is 0 Å². The Morgan fingerprint density at radius 1 is 0.867 bits per heavy atom. The van der Waals surface area contributed by atoms with Crippen molar-refractivity contribution in [2.24, 2.45) is 5.92 Å². The van der Waals surface area contributed by atoms with Gasteiger partial charge in [0.25, 0.3) is 0 Å². The number of aromatic nitrogens is 2. The molecule has 5 nitrogen and oxygen atoms in total. The van der Waals surface area contributed by atoms with Crippen LogP contribution < -0.4 is 10.2 Å². The van der Waals surface area contributed by atoms with E-state index >= 15 is 0 Å². The Kier molecular flexibility index (Phi) is 5.54. The van der Waals surface area contributed by atoms with Crippen LogP contribution in [-0.2, 0) is 6.54 Å². The summed E-state index contributed by atoms with van der Waals surface area (Å²) in [4.78, 5) is 14.8. The first-order valence-corrected chi connectivity index (χ1v) is 11.3. The molecule has 5 heteroatoms.